The molecular weight excluding hydrogens is 358 g/mol. The summed E-state index contributed by atoms with van der Waals surface area (Å²) in [5.74, 6) is 1.56. The number of amides is 1. The number of carbonyl (C=O) groups excluding carboxylic acids is 1. The molecule has 1 aliphatic heterocycles. The van der Waals surface area contributed by atoms with Gasteiger partial charge in [0.15, 0.2) is 0 Å². The highest BCUT2D eigenvalue weighted by atomic mass is 79.9. The molecule has 1 heterocycles. The molecular formula is C18H18BrNOS. The molecule has 114 valence electrons. The zero-order valence-electron chi connectivity index (χ0n) is 12.5. The number of hydrogen-bond donors (Lipinski definition) is 0. The van der Waals surface area contributed by atoms with Crippen molar-refractivity contribution in [2.24, 2.45) is 0 Å². The normalized spacial score (nSPS) is 16.6. The quantitative estimate of drug-likeness (QED) is 0.774. The average molecular weight is 376 g/mol. The Morgan fingerprint density at radius 1 is 1.23 bits per heavy atom. The highest BCUT2D eigenvalue weighted by Crippen LogP contribution is 2.32. The Morgan fingerprint density at radius 3 is 2.77 bits per heavy atom. The van der Waals surface area contributed by atoms with Gasteiger partial charge in [0.1, 0.15) is 0 Å². The maximum absolute atomic E-state index is 12.6. The van der Waals surface area contributed by atoms with Gasteiger partial charge < -0.3 is 4.90 Å². The lowest BCUT2D eigenvalue weighted by Crippen LogP contribution is -2.37. The van der Waals surface area contributed by atoms with Crippen molar-refractivity contribution in [1.82, 2.24) is 0 Å². The minimum Gasteiger partial charge on any atom is -0.308 e. The highest BCUT2D eigenvalue weighted by molar-refractivity contribution is 9.10. The van der Waals surface area contributed by atoms with E-state index in [1.54, 1.807) is 11.8 Å². The SMILES string of the molecule is C[C@@H]1Cc2ccccc2N1C(=O)CSCc1ccccc1Br. The van der Waals surface area contributed by atoms with Gasteiger partial charge in [-0.05, 0) is 36.6 Å². The number of nitrogens with zero attached hydrogens (tertiary/aromatic N) is 1. The lowest BCUT2D eigenvalue weighted by molar-refractivity contribution is -0.116. The molecule has 0 saturated carbocycles. The van der Waals surface area contributed by atoms with E-state index in [1.165, 1.54) is 11.1 Å². The van der Waals surface area contributed by atoms with Crippen molar-refractivity contribution in [3.63, 3.8) is 0 Å². The summed E-state index contributed by atoms with van der Waals surface area (Å²) in [6.07, 6.45) is 0.955. The van der Waals surface area contributed by atoms with Gasteiger partial charge in [-0.3, -0.25) is 4.79 Å². The summed E-state index contributed by atoms with van der Waals surface area (Å²) in [6.45, 7) is 2.12. The maximum atomic E-state index is 12.6. The van der Waals surface area contributed by atoms with Gasteiger partial charge in [-0.2, -0.15) is 0 Å². The fourth-order valence-electron chi connectivity index (χ4n) is 2.88. The van der Waals surface area contributed by atoms with E-state index in [0.717, 1.165) is 22.3 Å². The number of carbonyl (C=O) groups is 1. The van der Waals surface area contributed by atoms with Crippen molar-refractivity contribution in [2.45, 2.75) is 25.1 Å². The number of benzene rings is 2. The number of anilines is 1. The molecule has 4 heteroatoms. The molecule has 2 aromatic rings. The third-order valence-corrected chi connectivity index (χ3v) is 5.66. The van der Waals surface area contributed by atoms with Gasteiger partial charge in [-0.15, -0.1) is 11.8 Å². The lowest BCUT2D eigenvalue weighted by Gasteiger charge is -2.22. The number of rotatable bonds is 4. The Morgan fingerprint density at radius 2 is 1.95 bits per heavy atom. The maximum Gasteiger partial charge on any atom is 0.237 e. The number of halogens is 1. The van der Waals surface area contributed by atoms with Crippen LogP contribution < -0.4 is 4.90 Å². The van der Waals surface area contributed by atoms with Gasteiger partial charge in [0.2, 0.25) is 5.91 Å². The molecule has 2 aromatic carbocycles. The number of para-hydroxylation sites is 1. The third kappa shape index (κ3) is 3.23. The molecule has 0 bridgehead atoms. The van der Waals surface area contributed by atoms with Crippen LogP contribution in [-0.4, -0.2) is 17.7 Å². The van der Waals surface area contributed by atoms with Crippen molar-refractivity contribution >= 4 is 39.3 Å². The van der Waals surface area contributed by atoms with Crippen LogP contribution in [0.15, 0.2) is 53.0 Å². The summed E-state index contributed by atoms with van der Waals surface area (Å²) in [4.78, 5) is 14.5. The highest BCUT2D eigenvalue weighted by Gasteiger charge is 2.30. The van der Waals surface area contributed by atoms with E-state index >= 15 is 0 Å². The summed E-state index contributed by atoms with van der Waals surface area (Å²) in [5.41, 5.74) is 3.59. The van der Waals surface area contributed by atoms with Gasteiger partial charge >= 0.3 is 0 Å². The Balaban J connectivity index is 1.62. The monoisotopic (exact) mass is 375 g/mol. The topological polar surface area (TPSA) is 20.3 Å². The second-order valence-electron chi connectivity index (χ2n) is 5.53. The first-order valence-electron chi connectivity index (χ1n) is 7.38. The Bertz CT molecular complexity index is 688. The zero-order chi connectivity index (χ0) is 15.5. The fraction of sp³-hybridized carbons (Fsp3) is 0.278. The van der Waals surface area contributed by atoms with E-state index in [1.807, 2.05) is 35.2 Å². The van der Waals surface area contributed by atoms with Crippen LogP contribution in [0.2, 0.25) is 0 Å². The summed E-state index contributed by atoms with van der Waals surface area (Å²) in [7, 11) is 0. The van der Waals surface area contributed by atoms with Gasteiger partial charge in [0.25, 0.3) is 0 Å². The van der Waals surface area contributed by atoms with Crippen LogP contribution in [0.4, 0.5) is 5.69 Å². The molecule has 22 heavy (non-hydrogen) atoms. The Labute approximate surface area is 144 Å². The average Bonchev–Trinajstić information content (AvgIpc) is 2.85. The first-order chi connectivity index (χ1) is 10.7. The van der Waals surface area contributed by atoms with Crippen LogP contribution in [-0.2, 0) is 17.0 Å². The van der Waals surface area contributed by atoms with Crippen molar-refractivity contribution in [3.8, 4) is 0 Å². The fourth-order valence-corrected chi connectivity index (χ4v) is 4.38. The molecule has 1 amide bonds. The zero-order valence-corrected chi connectivity index (χ0v) is 14.9. The molecule has 0 saturated heterocycles. The predicted octanol–water partition coefficient (Wildman–Crippen LogP) is 4.66. The van der Waals surface area contributed by atoms with Crippen LogP contribution in [0, 0.1) is 0 Å². The lowest BCUT2D eigenvalue weighted by atomic mass is 10.1. The van der Waals surface area contributed by atoms with E-state index in [4.69, 9.17) is 0 Å². The second-order valence-corrected chi connectivity index (χ2v) is 7.37. The molecule has 3 rings (SSSR count). The van der Waals surface area contributed by atoms with Gasteiger partial charge in [-0.1, -0.05) is 52.3 Å². The van der Waals surface area contributed by atoms with Crippen LogP contribution in [0.5, 0.6) is 0 Å². The van der Waals surface area contributed by atoms with Crippen molar-refractivity contribution in [3.05, 3.63) is 64.1 Å². The van der Waals surface area contributed by atoms with Crippen LogP contribution in [0.3, 0.4) is 0 Å². The van der Waals surface area contributed by atoms with E-state index in [-0.39, 0.29) is 11.9 Å². The number of thioether (sulfide) groups is 1. The van der Waals surface area contributed by atoms with E-state index < -0.39 is 0 Å². The largest absolute Gasteiger partial charge is 0.308 e. The molecule has 0 spiro atoms. The Hall–Kier alpha value is -1.26. The van der Waals surface area contributed by atoms with Gasteiger partial charge in [0.05, 0.1) is 5.75 Å². The molecule has 0 unspecified atom stereocenters. The van der Waals surface area contributed by atoms with E-state index in [2.05, 4.69) is 41.1 Å². The molecule has 0 radical (unpaired) electrons. The smallest absolute Gasteiger partial charge is 0.237 e. The molecule has 0 aliphatic carbocycles. The van der Waals surface area contributed by atoms with E-state index in [9.17, 15) is 4.79 Å². The molecule has 1 aliphatic rings. The first kappa shape index (κ1) is 15.6. The van der Waals surface area contributed by atoms with Crippen molar-refractivity contribution < 1.29 is 4.79 Å². The molecule has 0 N–H and O–H groups in total. The van der Waals surface area contributed by atoms with Gasteiger partial charge in [0, 0.05) is 22.0 Å². The summed E-state index contributed by atoms with van der Waals surface area (Å²) < 4.78 is 1.11. The summed E-state index contributed by atoms with van der Waals surface area (Å²) in [6, 6.07) is 16.6. The van der Waals surface area contributed by atoms with Crippen LogP contribution in [0.25, 0.3) is 0 Å². The third-order valence-electron chi connectivity index (χ3n) is 3.92. The molecule has 1 atom stereocenters. The second kappa shape index (κ2) is 6.88. The number of hydrogen-bond acceptors (Lipinski definition) is 2. The molecule has 2 nitrogen and oxygen atoms in total. The summed E-state index contributed by atoms with van der Waals surface area (Å²) in [5, 5.41) is 0. The standard InChI is InChI=1S/C18H18BrNOS/c1-13-10-14-6-3-5-9-17(14)20(13)18(21)12-22-11-15-7-2-4-8-16(15)19/h2-9,13H,10-12H2,1H3/t13-/m1/s1. The summed E-state index contributed by atoms with van der Waals surface area (Å²) >= 11 is 5.22. The minimum atomic E-state index is 0.203. The van der Waals surface area contributed by atoms with Crippen molar-refractivity contribution in [1.29, 1.82) is 0 Å². The minimum absolute atomic E-state index is 0.203. The Kier molecular flexibility index (Phi) is 4.89. The van der Waals surface area contributed by atoms with Gasteiger partial charge in [-0.25, -0.2) is 0 Å². The van der Waals surface area contributed by atoms with Crippen molar-refractivity contribution in [2.75, 3.05) is 10.7 Å². The van der Waals surface area contributed by atoms with E-state index in [0.29, 0.717) is 5.75 Å². The van der Waals surface area contributed by atoms with Crippen LogP contribution in [0.1, 0.15) is 18.1 Å². The molecule has 0 fully saturated rings. The first-order valence-corrected chi connectivity index (χ1v) is 9.32. The number of fused-ring (bicyclic) bond motifs is 1. The predicted molar refractivity (Wildman–Crippen MR) is 97.4 cm³/mol. The molecule has 0 aromatic heterocycles. The van der Waals surface area contributed by atoms with Crippen LogP contribution >= 0.6 is 27.7 Å².